The van der Waals surface area contributed by atoms with Gasteiger partial charge in [-0.15, -0.1) is 0 Å². The average Bonchev–Trinajstić information content (AvgIpc) is 2.70. The first kappa shape index (κ1) is 30.2. The Morgan fingerprint density at radius 2 is 1.21 bits per heavy atom. The van der Waals surface area contributed by atoms with Crippen LogP contribution < -0.4 is 38.9 Å². The highest BCUT2D eigenvalue weighted by Crippen LogP contribution is 2.06. The number of primary amides is 3. The average molecular weight is 488 g/mol. The van der Waals surface area contributed by atoms with Crippen LogP contribution in [0.15, 0.2) is 0 Å². The van der Waals surface area contributed by atoms with E-state index in [9.17, 15) is 38.7 Å². The highest BCUT2D eigenvalue weighted by atomic mass is 16.4. The molecule has 6 amide bonds. The number of hydrogen-bond acceptors (Lipinski definition) is 8. The Morgan fingerprint density at radius 3 is 1.65 bits per heavy atom. The number of carbonyl (C=O) groups excluding carboxylic acids is 6. The number of nitrogens with one attached hydrogen (secondary N) is 3. The van der Waals surface area contributed by atoms with Crippen LogP contribution in [-0.4, -0.2) is 70.7 Å². The van der Waals surface area contributed by atoms with Crippen LogP contribution in [0.5, 0.6) is 0 Å². The Balaban J connectivity index is 5.43. The molecule has 34 heavy (non-hydrogen) atoms. The lowest BCUT2D eigenvalue weighted by atomic mass is 10.0. The van der Waals surface area contributed by atoms with Crippen molar-refractivity contribution in [3.05, 3.63) is 0 Å². The fourth-order valence-electron chi connectivity index (χ4n) is 2.71. The van der Waals surface area contributed by atoms with E-state index in [1.807, 2.05) is 0 Å². The molecule has 0 aliphatic heterocycles. The van der Waals surface area contributed by atoms with Gasteiger partial charge in [0.05, 0.1) is 12.5 Å². The van der Waals surface area contributed by atoms with Crippen molar-refractivity contribution in [2.45, 2.75) is 70.1 Å². The fourth-order valence-corrected chi connectivity index (χ4v) is 2.71. The molecular weight excluding hydrogens is 454 g/mol. The van der Waals surface area contributed by atoms with Crippen molar-refractivity contribution in [1.82, 2.24) is 16.0 Å². The molecule has 0 aliphatic carbocycles. The first-order chi connectivity index (χ1) is 15.6. The first-order valence-corrected chi connectivity index (χ1v) is 10.4. The molecule has 0 aliphatic rings. The highest BCUT2D eigenvalue weighted by molar-refractivity contribution is 5.96. The van der Waals surface area contributed by atoms with Crippen molar-refractivity contribution in [2.75, 3.05) is 0 Å². The Bertz CT molecular complexity index is 802. The van der Waals surface area contributed by atoms with Crippen LogP contribution >= 0.6 is 0 Å². The third-order valence-corrected chi connectivity index (χ3v) is 4.62. The van der Waals surface area contributed by atoms with Gasteiger partial charge in [-0.2, -0.15) is 0 Å². The second kappa shape index (κ2) is 14.4. The van der Waals surface area contributed by atoms with Crippen LogP contribution in [-0.2, 0) is 33.6 Å². The maximum absolute atomic E-state index is 12.8. The second-order valence-corrected chi connectivity index (χ2v) is 7.98. The number of rotatable bonds is 16. The molecule has 0 aromatic rings. The van der Waals surface area contributed by atoms with Gasteiger partial charge in [0.2, 0.25) is 35.4 Å². The maximum Gasteiger partial charge on any atom is 0.326 e. The van der Waals surface area contributed by atoms with Gasteiger partial charge in [0.15, 0.2) is 0 Å². The summed E-state index contributed by atoms with van der Waals surface area (Å²) in [5.74, 6) is -7.02. The number of aliphatic carboxylic acids is 1. The summed E-state index contributed by atoms with van der Waals surface area (Å²) < 4.78 is 0. The summed E-state index contributed by atoms with van der Waals surface area (Å²) in [6, 6.07) is -5.41. The van der Waals surface area contributed by atoms with Crippen LogP contribution in [0.2, 0.25) is 0 Å². The van der Waals surface area contributed by atoms with Crippen LogP contribution in [0.25, 0.3) is 0 Å². The van der Waals surface area contributed by atoms with Gasteiger partial charge in [-0.3, -0.25) is 28.8 Å². The molecule has 192 valence electrons. The standard InChI is InChI=1S/C19H33N7O8/c1-8(2)15(26-16(30)9(20)3-5-12(21)27)18(32)25-11(7-14(23)29)17(31)24-10(19(33)34)4-6-13(22)28/h8-11,15H,3-7,20H2,1-2H3,(H2,21,27)(H2,22,28)(H2,23,29)(H,24,31)(H,25,32)(H,26,30)(H,33,34). The third kappa shape index (κ3) is 11.8. The summed E-state index contributed by atoms with van der Waals surface area (Å²) >= 11 is 0. The summed E-state index contributed by atoms with van der Waals surface area (Å²) in [6.45, 7) is 3.18. The lowest BCUT2D eigenvalue weighted by Crippen LogP contribution is -2.59. The summed E-state index contributed by atoms with van der Waals surface area (Å²) in [5.41, 5.74) is 20.8. The van der Waals surface area contributed by atoms with Crippen molar-refractivity contribution >= 4 is 41.4 Å². The molecular formula is C19H33N7O8. The minimum atomic E-state index is -1.57. The van der Waals surface area contributed by atoms with Crippen molar-refractivity contribution < 1.29 is 38.7 Å². The van der Waals surface area contributed by atoms with E-state index in [-0.39, 0.29) is 25.7 Å². The molecule has 0 fully saturated rings. The SMILES string of the molecule is CC(C)C(NC(=O)C(N)CCC(N)=O)C(=O)NC(CC(N)=O)C(=O)NC(CCC(N)=O)C(=O)O. The Kier molecular flexibility index (Phi) is 12.8. The summed E-state index contributed by atoms with van der Waals surface area (Å²) in [5, 5.41) is 16.0. The highest BCUT2D eigenvalue weighted by Gasteiger charge is 2.32. The summed E-state index contributed by atoms with van der Waals surface area (Å²) in [4.78, 5) is 82.2. The van der Waals surface area contributed by atoms with Gasteiger partial charge >= 0.3 is 5.97 Å². The van der Waals surface area contributed by atoms with Gasteiger partial charge in [-0.1, -0.05) is 13.8 Å². The molecule has 0 saturated heterocycles. The van der Waals surface area contributed by atoms with Gasteiger partial charge in [0.25, 0.3) is 0 Å². The first-order valence-electron chi connectivity index (χ1n) is 10.4. The minimum absolute atomic E-state index is 0.0534. The van der Waals surface area contributed by atoms with Gasteiger partial charge in [0.1, 0.15) is 18.1 Å². The van der Waals surface area contributed by atoms with Crippen molar-refractivity contribution in [2.24, 2.45) is 28.9 Å². The van der Waals surface area contributed by atoms with E-state index in [0.717, 1.165) is 0 Å². The largest absolute Gasteiger partial charge is 0.480 e. The number of hydrogen-bond donors (Lipinski definition) is 8. The molecule has 12 N–H and O–H groups in total. The van der Waals surface area contributed by atoms with E-state index in [1.165, 1.54) is 0 Å². The van der Waals surface area contributed by atoms with Gasteiger partial charge in [-0.25, -0.2) is 4.79 Å². The summed E-state index contributed by atoms with van der Waals surface area (Å²) in [6.07, 6.45) is -1.52. The van der Waals surface area contributed by atoms with E-state index in [1.54, 1.807) is 13.8 Å². The van der Waals surface area contributed by atoms with Crippen LogP contribution in [0, 0.1) is 5.92 Å². The normalized spacial score (nSPS) is 14.2. The minimum Gasteiger partial charge on any atom is -0.480 e. The Morgan fingerprint density at radius 1 is 0.706 bits per heavy atom. The molecule has 15 nitrogen and oxygen atoms in total. The van der Waals surface area contributed by atoms with E-state index in [4.69, 9.17) is 22.9 Å². The van der Waals surface area contributed by atoms with Crippen LogP contribution in [0.1, 0.15) is 46.0 Å². The van der Waals surface area contributed by atoms with E-state index in [2.05, 4.69) is 16.0 Å². The summed E-state index contributed by atoms with van der Waals surface area (Å²) in [7, 11) is 0. The third-order valence-electron chi connectivity index (χ3n) is 4.62. The number of nitrogens with two attached hydrogens (primary N) is 4. The molecule has 0 radical (unpaired) electrons. The van der Waals surface area contributed by atoms with E-state index < -0.39 is 77.9 Å². The van der Waals surface area contributed by atoms with Crippen LogP contribution in [0.3, 0.4) is 0 Å². The van der Waals surface area contributed by atoms with Crippen LogP contribution in [0.4, 0.5) is 0 Å². The molecule has 4 unspecified atom stereocenters. The quantitative estimate of drug-likeness (QED) is 0.105. The zero-order chi connectivity index (χ0) is 26.6. The van der Waals surface area contributed by atoms with Crippen molar-refractivity contribution in [3.63, 3.8) is 0 Å². The lowest BCUT2D eigenvalue weighted by molar-refractivity contribution is -0.143. The molecule has 0 saturated carbocycles. The zero-order valence-electron chi connectivity index (χ0n) is 19.0. The molecule has 4 atom stereocenters. The molecule has 0 heterocycles. The predicted molar refractivity (Wildman–Crippen MR) is 117 cm³/mol. The predicted octanol–water partition coefficient (Wildman–Crippen LogP) is -4.08. The molecule has 0 spiro atoms. The Hall–Kier alpha value is -3.75. The molecule has 0 aromatic carbocycles. The number of carbonyl (C=O) groups is 7. The lowest BCUT2D eigenvalue weighted by Gasteiger charge is -2.26. The van der Waals surface area contributed by atoms with Crippen molar-refractivity contribution in [1.29, 1.82) is 0 Å². The number of carboxylic acid groups (broad SMARTS) is 1. The monoisotopic (exact) mass is 487 g/mol. The Labute approximate surface area is 195 Å². The topological polar surface area (TPSA) is 280 Å². The van der Waals surface area contributed by atoms with Gasteiger partial charge in [-0.05, 0) is 18.8 Å². The van der Waals surface area contributed by atoms with E-state index in [0.29, 0.717) is 0 Å². The number of amides is 6. The van der Waals surface area contributed by atoms with E-state index >= 15 is 0 Å². The smallest absolute Gasteiger partial charge is 0.326 e. The molecule has 0 bridgehead atoms. The maximum atomic E-state index is 12.8. The second-order valence-electron chi connectivity index (χ2n) is 7.98. The molecule has 0 aromatic heterocycles. The zero-order valence-corrected chi connectivity index (χ0v) is 19.0. The molecule has 15 heteroatoms. The fraction of sp³-hybridized carbons (Fsp3) is 0.632. The number of carboxylic acids is 1. The molecule has 0 rings (SSSR count). The van der Waals surface area contributed by atoms with Gasteiger partial charge in [0, 0.05) is 12.8 Å². The van der Waals surface area contributed by atoms with Gasteiger partial charge < -0.3 is 44.0 Å². The van der Waals surface area contributed by atoms with Crippen molar-refractivity contribution in [3.8, 4) is 0 Å².